The van der Waals surface area contributed by atoms with Crippen LogP contribution in [0.25, 0.3) is 0 Å². The van der Waals surface area contributed by atoms with Crippen LogP contribution in [0.5, 0.6) is 5.75 Å². The van der Waals surface area contributed by atoms with E-state index < -0.39 is 0 Å². The second-order valence-corrected chi connectivity index (χ2v) is 3.60. The van der Waals surface area contributed by atoms with Crippen LogP contribution < -0.4 is 10.5 Å². The zero-order chi connectivity index (χ0) is 11.3. The van der Waals surface area contributed by atoms with Gasteiger partial charge in [0.2, 0.25) is 0 Å². The van der Waals surface area contributed by atoms with Crippen LogP contribution in [0, 0.1) is 0 Å². The number of halogens is 3. The lowest BCUT2D eigenvalue weighted by Crippen LogP contribution is -2.10. The predicted molar refractivity (Wildman–Crippen MR) is 60.2 cm³/mol. The van der Waals surface area contributed by atoms with Gasteiger partial charge in [-0.05, 0) is 12.1 Å². The van der Waals surface area contributed by atoms with Crippen molar-refractivity contribution in [2.75, 3.05) is 13.2 Å². The molecule has 0 radical (unpaired) electrons. The highest BCUT2D eigenvalue weighted by atomic mass is 35.5. The smallest absolute Gasteiger partial charge is 0.139 e. The fourth-order valence-corrected chi connectivity index (χ4v) is 1.25. The number of ether oxygens (including phenoxy) is 1. The van der Waals surface area contributed by atoms with Gasteiger partial charge >= 0.3 is 0 Å². The molecule has 0 unspecified atom stereocenters. The van der Waals surface area contributed by atoms with Gasteiger partial charge in [0.05, 0.1) is 11.4 Å². The number of hydrogen-bond donors (Lipinski definition) is 1. The normalized spacial score (nSPS) is 11.6. The molecular weight excluding hydrogens is 240 g/mol. The first-order valence-electron chi connectivity index (χ1n) is 4.24. The summed E-state index contributed by atoms with van der Waals surface area (Å²) in [5.74, 6) is 0.414. The molecule has 0 aliphatic carbocycles. The Kier molecular flexibility index (Phi) is 4.88. The maximum atomic E-state index is 12.2. The number of hydrogen-bond acceptors (Lipinski definition) is 2. The summed E-state index contributed by atoms with van der Waals surface area (Å²) in [6.45, 7) is 0.168. The fraction of sp³-hybridized carbons (Fsp3) is 0.200. The lowest BCUT2D eigenvalue weighted by molar-refractivity contribution is 0.348. The average molecular weight is 250 g/mol. The van der Waals surface area contributed by atoms with E-state index in [1.54, 1.807) is 18.2 Å². The van der Waals surface area contributed by atoms with Gasteiger partial charge in [0.1, 0.15) is 17.4 Å². The maximum absolute atomic E-state index is 12.2. The summed E-state index contributed by atoms with van der Waals surface area (Å²) >= 11 is 11.6. The van der Waals surface area contributed by atoms with Crippen molar-refractivity contribution in [3.8, 4) is 5.75 Å². The van der Waals surface area contributed by atoms with Crippen molar-refractivity contribution >= 4 is 23.2 Å². The molecule has 0 aliphatic rings. The van der Waals surface area contributed by atoms with E-state index in [0.29, 0.717) is 27.7 Å². The third-order valence-corrected chi connectivity index (χ3v) is 2.55. The summed E-state index contributed by atoms with van der Waals surface area (Å²) in [5, 5.41) is 0.710. The van der Waals surface area contributed by atoms with Gasteiger partial charge in [-0.3, -0.25) is 0 Å². The Labute approximate surface area is 97.4 Å². The van der Waals surface area contributed by atoms with Crippen LogP contribution in [0.2, 0.25) is 10.0 Å². The molecule has 2 nitrogen and oxygen atoms in total. The van der Waals surface area contributed by atoms with Gasteiger partial charge in [-0.1, -0.05) is 29.3 Å². The van der Waals surface area contributed by atoms with E-state index in [-0.39, 0.29) is 13.2 Å². The summed E-state index contributed by atoms with van der Waals surface area (Å²) in [6, 6.07) is 5.00. The molecule has 0 saturated heterocycles. The third-order valence-electron chi connectivity index (χ3n) is 1.75. The predicted octanol–water partition coefficient (Wildman–Crippen LogP) is 3.18. The van der Waals surface area contributed by atoms with Gasteiger partial charge in [-0.2, -0.15) is 0 Å². The molecule has 0 amide bonds. The minimum absolute atomic E-state index is 0.0626. The Morgan fingerprint density at radius 2 is 2.20 bits per heavy atom. The molecule has 0 fully saturated rings. The van der Waals surface area contributed by atoms with Crippen molar-refractivity contribution in [2.24, 2.45) is 5.73 Å². The molecule has 1 rings (SSSR count). The summed E-state index contributed by atoms with van der Waals surface area (Å²) in [5.41, 5.74) is 5.62. The zero-order valence-electron chi connectivity index (χ0n) is 7.84. The van der Waals surface area contributed by atoms with Gasteiger partial charge in [-0.25, -0.2) is 4.39 Å². The first-order valence-corrected chi connectivity index (χ1v) is 4.99. The van der Waals surface area contributed by atoms with E-state index in [2.05, 4.69) is 0 Å². The lowest BCUT2D eigenvalue weighted by Gasteiger charge is -2.09. The van der Waals surface area contributed by atoms with Crippen LogP contribution in [0.15, 0.2) is 30.1 Å². The standard InChI is InChI=1S/C10H10Cl2FNO/c11-8-2-1-3-9(10(8)12)15-6-7(4-13)5-14/h1-4H,5-6,14H2/b7-4-. The molecule has 0 spiro atoms. The van der Waals surface area contributed by atoms with Crippen LogP contribution in [0.1, 0.15) is 0 Å². The highest BCUT2D eigenvalue weighted by molar-refractivity contribution is 6.42. The van der Waals surface area contributed by atoms with Crippen molar-refractivity contribution in [3.63, 3.8) is 0 Å². The maximum Gasteiger partial charge on any atom is 0.139 e. The Hall–Kier alpha value is -0.770. The van der Waals surface area contributed by atoms with E-state index >= 15 is 0 Å². The minimum atomic E-state index is 0.0626. The number of benzene rings is 1. The molecule has 5 heteroatoms. The second-order valence-electron chi connectivity index (χ2n) is 2.81. The molecule has 0 heterocycles. The molecule has 1 aromatic carbocycles. The van der Waals surface area contributed by atoms with Crippen molar-refractivity contribution in [1.82, 2.24) is 0 Å². The Bertz CT molecular complexity index is 368. The molecule has 82 valence electrons. The molecule has 0 aliphatic heterocycles. The molecule has 0 aromatic heterocycles. The molecule has 0 atom stereocenters. The van der Waals surface area contributed by atoms with Crippen LogP contribution in [0.3, 0.4) is 0 Å². The van der Waals surface area contributed by atoms with E-state index in [4.69, 9.17) is 33.7 Å². The van der Waals surface area contributed by atoms with Crippen LogP contribution in [0.4, 0.5) is 4.39 Å². The molecular formula is C10H10Cl2FNO. The Balaban J connectivity index is 2.69. The summed E-state index contributed by atoms with van der Waals surface area (Å²) in [7, 11) is 0. The average Bonchev–Trinajstić information content (AvgIpc) is 2.25. The van der Waals surface area contributed by atoms with Crippen molar-refractivity contribution in [1.29, 1.82) is 0 Å². The van der Waals surface area contributed by atoms with Gasteiger partial charge < -0.3 is 10.5 Å². The molecule has 0 bridgehead atoms. The highest BCUT2D eigenvalue weighted by Gasteiger charge is 2.05. The largest absolute Gasteiger partial charge is 0.487 e. The quantitative estimate of drug-likeness (QED) is 0.890. The van der Waals surface area contributed by atoms with E-state index in [0.717, 1.165) is 0 Å². The van der Waals surface area contributed by atoms with E-state index in [9.17, 15) is 4.39 Å². The summed E-state index contributed by atoms with van der Waals surface area (Å²) < 4.78 is 17.4. The van der Waals surface area contributed by atoms with Crippen molar-refractivity contribution < 1.29 is 9.13 Å². The van der Waals surface area contributed by atoms with E-state index in [1.165, 1.54) is 0 Å². The third kappa shape index (κ3) is 3.38. The minimum Gasteiger partial charge on any atom is -0.487 e. The highest BCUT2D eigenvalue weighted by Crippen LogP contribution is 2.31. The number of rotatable bonds is 4. The lowest BCUT2D eigenvalue weighted by atomic mass is 10.3. The monoisotopic (exact) mass is 249 g/mol. The Morgan fingerprint density at radius 3 is 2.80 bits per heavy atom. The summed E-state index contributed by atoms with van der Waals surface area (Å²) in [6.07, 6.45) is 0.429. The van der Waals surface area contributed by atoms with E-state index in [1.807, 2.05) is 0 Å². The van der Waals surface area contributed by atoms with Crippen LogP contribution in [-0.4, -0.2) is 13.2 Å². The van der Waals surface area contributed by atoms with Crippen LogP contribution >= 0.6 is 23.2 Å². The topological polar surface area (TPSA) is 35.2 Å². The SMILES string of the molecule is NC/C(=C/F)COc1cccc(Cl)c1Cl. The Morgan fingerprint density at radius 1 is 1.47 bits per heavy atom. The fourth-order valence-electron chi connectivity index (χ4n) is 0.901. The van der Waals surface area contributed by atoms with Gasteiger partial charge in [0.15, 0.2) is 0 Å². The van der Waals surface area contributed by atoms with Gasteiger partial charge in [-0.15, -0.1) is 0 Å². The zero-order valence-corrected chi connectivity index (χ0v) is 9.35. The first kappa shape index (κ1) is 12.3. The van der Waals surface area contributed by atoms with Crippen molar-refractivity contribution in [2.45, 2.75) is 0 Å². The summed E-state index contributed by atoms with van der Waals surface area (Å²) in [4.78, 5) is 0. The molecule has 1 aromatic rings. The van der Waals surface area contributed by atoms with Gasteiger partial charge in [0, 0.05) is 12.1 Å². The van der Waals surface area contributed by atoms with Crippen molar-refractivity contribution in [3.05, 3.63) is 40.1 Å². The van der Waals surface area contributed by atoms with Crippen LogP contribution in [-0.2, 0) is 0 Å². The number of nitrogens with two attached hydrogens (primary N) is 1. The molecule has 0 saturated carbocycles. The first-order chi connectivity index (χ1) is 7.19. The molecule has 15 heavy (non-hydrogen) atoms. The second kappa shape index (κ2) is 5.95. The van der Waals surface area contributed by atoms with Gasteiger partial charge in [0.25, 0.3) is 0 Å². The molecule has 2 N–H and O–H groups in total.